The number of esters is 1. The molecule has 1 fully saturated rings. The molecule has 1 N–H and O–H groups in total. The second-order valence-corrected chi connectivity index (χ2v) is 9.57. The predicted molar refractivity (Wildman–Crippen MR) is 120 cm³/mol. The van der Waals surface area contributed by atoms with Gasteiger partial charge < -0.3 is 24.4 Å². The van der Waals surface area contributed by atoms with Crippen molar-refractivity contribution in [1.82, 2.24) is 10.2 Å². The maximum atomic E-state index is 12.8. The molecule has 0 aromatic heterocycles. The summed E-state index contributed by atoms with van der Waals surface area (Å²) in [5, 5.41) is 1.27. The summed E-state index contributed by atoms with van der Waals surface area (Å²) in [6.45, 7) is 8.95. The van der Waals surface area contributed by atoms with Crippen molar-refractivity contribution in [2.45, 2.75) is 38.2 Å². The van der Waals surface area contributed by atoms with Crippen LogP contribution in [0.3, 0.4) is 0 Å². The van der Waals surface area contributed by atoms with Crippen LogP contribution in [0.1, 0.15) is 20.8 Å². The molecule has 12 heteroatoms. The Morgan fingerprint density at radius 2 is 1.88 bits per heavy atom. The van der Waals surface area contributed by atoms with E-state index in [4.69, 9.17) is 20.2 Å². The molecule has 0 radical (unpaired) electrons. The van der Waals surface area contributed by atoms with Crippen LogP contribution in [0, 0.1) is 5.92 Å². The fourth-order valence-electron chi connectivity index (χ4n) is 3.00. The second-order valence-electron chi connectivity index (χ2n) is 7.68. The van der Waals surface area contributed by atoms with Gasteiger partial charge in [0.2, 0.25) is 5.91 Å². The lowest BCUT2D eigenvalue weighted by molar-refractivity contribution is -0.163. The van der Waals surface area contributed by atoms with E-state index in [0.29, 0.717) is 17.1 Å². The molecule has 4 atom stereocenters. The molecule has 10 nitrogen and oxygen atoms in total. The van der Waals surface area contributed by atoms with Crippen molar-refractivity contribution in [3.05, 3.63) is 36.4 Å². The molecular formula is C21H25ClN2O8S. The molecule has 1 aromatic rings. The molecule has 1 aromatic carbocycles. The van der Waals surface area contributed by atoms with Gasteiger partial charge >= 0.3 is 5.97 Å². The Balaban J connectivity index is 2.02. The second kappa shape index (κ2) is 11.8. The topological polar surface area (TPSA) is 128 Å². The van der Waals surface area contributed by atoms with Crippen LogP contribution in [0.5, 0.6) is 11.5 Å². The van der Waals surface area contributed by atoms with E-state index in [2.05, 4.69) is 16.6 Å². The van der Waals surface area contributed by atoms with Crippen molar-refractivity contribution < 1.29 is 37.6 Å². The summed E-state index contributed by atoms with van der Waals surface area (Å²) in [7, 11) is 3.69. The molecule has 0 saturated carbocycles. The molecule has 0 bridgehead atoms. The molecule has 33 heavy (non-hydrogen) atoms. The van der Waals surface area contributed by atoms with Crippen molar-refractivity contribution >= 4 is 45.0 Å². The zero-order valence-corrected chi connectivity index (χ0v) is 19.9. The van der Waals surface area contributed by atoms with Gasteiger partial charge in [0.05, 0.1) is 6.61 Å². The minimum atomic E-state index is -2.10. The zero-order chi connectivity index (χ0) is 24.7. The van der Waals surface area contributed by atoms with Crippen LogP contribution in [-0.4, -0.2) is 64.0 Å². The SMILES string of the molecule is C=C(C)C(C(=O)OCC(C)C)N1C(=O)C(NC(=O)COc2ccc(OC=O)cc2)C1S(=O)Cl. The predicted octanol–water partition coefficient (Wildman–Crippen LogP) is 1.30. The first-order valence-corrected chi connectivity index (χ1v) is 11.9. The number of benzene rings is 1. The first-order valence-electron chi connectivity index (χ1n) is 9.90. The quantitative estimate of drug-likeness (QED) is 0.149. The number of hydrogen-bond donors (Lipinski definition) is 1. The Bertz CT molecular complexity index is 937. The highest BCUT2D eigenvalue weighted by atomic mass is 35.7. The first kappa shape index (κ1) is 26.3. The number of carbonyl (C=O) groups is 4. The van der Waals surface area contributed by atoms with Gasteiger partial charge in [0.1, 0.15) is 27.6 Å². The summed E-state index contributed by atoms with van der Waals surface area (Å²) in [5.74, 6) is -1.34. The third-order valence-corrected chi connectivity index (χ3v) is 5.92. The van der Waals surface area contributed by atoms with E-state index in [9.17, 15) is 23.4 Å². The van der Waals surface area contributed by atoms with Crippen molar-refractivity contribution in [3.8, 4) is 11.5 Å². The summed E-state index contributed by atoms with van der Waals surface area (Å²) in [5.41, 5.74) is 0.305. The number of halogens is 1. The molecule has 0 aliphatic carbocycles. The van der Waals surface area contributed by atoms with Gasteiger partial charge in [-0.3, -0.25) is 14.4 Å². The summed E-state index contributed by atoms with van der Waals surface area (Å²) in [6.07, 6.45) is 0. The van der Waals surface area contributed by atoms with Crippen LogP contribution in [0.15, 0.2) is 36.4 Å². The molecule has 1 aliphatic rings. The van der Waals surface area contributed by atoms with E-state index < -0.39 is 51.9 Å². The number of rotatable bonds is 12. The Morgan fingerprint density at radius 1 is 1.27 bits per heavy atom. The Labute approximate surface area is 198 Å². The molecule has 1 aliphatic heterocycles. The zero-order valence-electron chi connectivity index (χ0n) is 18.3. The maximum absolute atomic E-state index is 12.8. The fourth-order valence-corrected chi connectivity index (χ4v) is 4.37. The van der Waals surface area contributed by atoms with Gasteiger partial charge in [0, 0.05) is 0 Å². The van der Waals surface area contributed by atoms with Gasteiger partial charge in [-0.05, 0) is 53.4 Å². The number of β-lactam (4-membered cyclic amide) rings is 1. The summed E-state index contributed by atoms with van der Waals surface area (Å²) in [4.78, 5) is 48.9. The van der Waals surface area contributed by atoms with E-state index >= 15 is 0 Å². The molecule has 2 amide bonds. The van der Waals surface area contributed by atoms with Crippen molar-refractivity contribution in [1.29, 1.82) is 0 Å². The minimum Gasteiger partial charge on any atom is -0.484 e. The van der Waals surface area contributed by atoms with Crippen molar-refractivity contribution in [2.75, 3.05) is 13.2 Å². The average Bonchev–Trinajstić information content (AvgIpc) is 2.75. The minimum absolute atomic E-state index is 0.0746. The largest absolute Gasteiger partial charge is 0.484 e. The number of ether oxygens (including phenoxy) is 3. The molecule has 180 valence electrons. The molecular weight excluding hydrogens is 476 g/mol. The highest BCUT2D eigenvalue weighted by Crippen LogP contribution is 2.31. The summed E-state index contributed by atoms with van der Waals surface area (Å²) < 4.78 is 27.3. The number of amides is 2. The number of carbonyl (C=O) groups excluding carboxylic acids is 4. The Hall–Kier alpha value is -2.92. The fraction of sp³-hybridized carbons (Fsp3) is 0.429. The molecule has 4 unspecified atom stereocenters. The summed E-state index contributed by atoms with van der Waals surface area (Å²) in [6, 6.07) is 3.52. The molecule has 1 heterocycles. The van der Waals surface area contributed by atoms with Crippen LogP contribution in [-0.2, 0) is 33.9 Å². The lowest BCUT2D eigenvalue weighted by atomic mass is 9.99. The first-order chi connectivity index (χ1) is 15.6. The van der Waals surface area contributed by atoms with Crippen molar-refractivity contribution in [3.63, 3.8) is 0 Å². The number of nitrogens with zero attached hydrogens (tertiary/aromatic N) is 1. The number of nitrogens with one attached hydrogen (secondary N) is 1. The van der Waals surface area contributed by atoms with Crippen LogP contribution in [0.2, 0.25) is 0 Å². The van der Waals surface area contributed by atoms with Gasteiger partial charge in [-0.15, -0.1) is 0 Å². The maximum Gasteiger partial charge on any atom is 0.333 e. The van der Waals surface area contributed by atoms with Gasteiger partial charge in [0.15, 0.2) is 18.0 Å². The van der Waals surface area contributed by atoms with E-state index in [1.807, 2.05) is 13.8 Å². The van der Waals surface area contributed by atoms with Crippen LogP contribution in [0.25, 0.3) is 0 Å². The standard InChI is InChI=1S/C21H25ClN2O8S/c1-12(2)9-31-21(28)18(13(3)4)24-19(27)17(20(24)33(22)29)23-16(26)10-30-14-5-7-15(8-6-14)32-11-25/h5-8,11-12,17-18,20H,3,9-10H2,1-2,4H3,(H,23,26). The average molecular weight is 501 g/mol. The van der Waals surface area contributed by atoms with E-state index in [-0.39, 0.29) is 19.0 Å². The monoisotopic (exact) mass is 500 g/mol. The highest BCUT2D eigenvalue weighted by molar-refractivity contribution is 8.08. The normalized spacial score (nSPS) is 19.2. The lowest BCUT2D eigenvalue weighted by Gasteiger charge is -2.48. The van der Waals surface area contributed by atoms with Gasteiger partial charge in [0.25, 0.3) is 12.4 Å². The van der Waals surface area contributed by atoms with E-state index in [1.54, 1.807) is 0 Å². The Kier molecular flexibility index (Phi) is 9.42. The summed E-state index contributed by atoms with van der Waals surface area (Å²) >= 11 is 0. The van der Waals surface area contributed by atoms with Gasteiger partial charge in [-0.1, -0.05) is 20.4 Å². The third-order valence-electron chi connectivity index (χ3n) is 4.49. The number of hydrogen-bond acceptors (Lipinski definition) is 8. The van der Waals surface area contributed by atoms with Crippen LogP contribution >= 0.6 is 10.7 Å². The smallest absolute Gasteiger partial charge is 0.333 e. The Morgan fingerprint density at radius 3 is 2.39 bits per heavy atom. The van der Waals surface area contributed by atoms with Crippen LogP contribution < -0.4 is 14.8 Å². The van der Waals surface area contributed by atoms with E-state index in [0.717, 1.165) is 4.90 Å². The lowest BCUT2D eigenvalue weighted by Crippen LogP contribution is -2.75. The molecule has 1 saturated heterocycles. The highest BCUT2D eigenvalue weighted by Gasteiger charge is 2.56. The number of likely N-dealkylation sites (tertiary alicyclic amines) is 1. The van der Waals surface area contributed by atoms with Gasteiger partial charge in [-0.2, -0.15) is 0 Å². The third kappa shape index (κ3) is 6.78. The van der Waals surface area contributed by atoms with Gasteiger partial charge in [-0.25, -0.2) is 9.00 Å². The van der Waals surface area contributed by atoms with Crippen molar-refractivity contribution in [2.24, 2.45) is 5.92 Å². The molecule has 2 rings (SSSR count). The van der Waals surface area contributed by atoms with Crippen LogP contribution in [0.4, 0.5) is 0 Å². The van der Waals surface area contributed by atoms with E-state index in [1.165, 1.54) is 31.2 Å². The molecule has 0 spiro atoms.